The van der Waals surface area contributed by atoms with Crippen LogP contribution in [0.15, 0.2) is 35.9 Å². The molecule has 1 aliphatic heterocycles. The van der Waals surface area contributed by atoms with Crippen molar-refractivity contribution in [3.8, 4) is 5.75 Å². The Balaban J connectivity index is 1.16. The second-order valence-electron chi connectivity index (χ2n) is 19.8. The fourth-order valence-corrected chi connectivity index (χ4v) is 13.0. The van der Waals surface area contributed by atoms with Gasteiger partial charge in [0, 0.05) is 30.0 Å². The molecule has 4 aliphatic carbocycles. The van der Waals surface area contributed by atoms with Gasteiger partial charge in [-0.25, -0.2) is 4.79 Å². The number of carbonyl (C=O) groups is 4. The van der Waals surface area contributed by atoms with Gasteiger partial charge >= 0.3 is 23.9 Å². The average Bonchev–Trinajstić information content (AvgIpc) is 3.16. The Morgan fingerprint density at radius 2 is 1.67 bits per heavy atom. The molecule has 5 N–H and O–H groups in total. The zero-order chi connectivity index (χ0) is 42.4. The smallest absolute Gasteiger partial charge is 0.323 e. The van der Waals surface area contributed by atoms with Crippen molar-refractivity contribution in [1.29, 1.82) is 0 Å². The van der Waals surface area contributed by atoms with Crippen LogP contribution in [-0.4, -0.2) is 74.2 Å². The van der Waals surface area contributed by atoms with Gasteiger partial charge in [-0.1, -0.05) is 60.1 Å². The zero-order valence-corrected chi connectivity index (χ0v) is 36.3. The van der Waals surface area contributed by atoms with Crippen molar-refractivity contribution in [2.75, 3.05) is 32.2 Å². The second kappa shape index (κ2) is 16.4. The predicted molar refractivity (Wildman–Crippen MR) is 221 cm³/mol. The molecular weight excluding hydrogens is 739 g/mol. The van der Waals surface area contributed by atoms with Crippen LogP contribution >= 0.6 is 0 Å². The fraction of sp³-hybridized carbons (Fsp3) is 0.739. The number of carboxylic acid groups (broad SMARTS) is 1. The molecular formula is C46H69N3O9. The molecule has 0 spiro atoms. The highest BCUT2D eigenvalue weighted by Gasteiger charge is 2.72. The van der Waals surface area contributed by atoms with E-state index in [2.05, 4.69) is 65.2 Å². The van der Waals surface area contributed by atoms with Crippen molar-refractivity contribution in [3.05, 3.63) is 35.9 Å². The highest BCUT2D eigenvalue weighted by Crippen LogP contribution is 2.75. The van der Waals surface area contributed by atoms with Crippen LogP contribution in [0.4, 0.5) is 10.5 Å². The van der Waals surface area contributed by atoms with Gasteiger partial charge in [-0.3, -0.25) is 14.4 Å². The number of ether oxygens (including phenoxy) is 4. The summed E-state index contributed by atoms with van der Waals surface area (Å²) in [7, 11) is 1.58. The molecule has 1 unspecified atom stereocenters. The highest BCUT2D eigenvalue weighted by molar-refractivity contribution is 5.89. The Morgan fingerprint density at radius 1 is 0.966 bits per heavy atom. The van der Waals surface area contributed by atoms with Crippen LogP contribution in [0.25, 0.3) is 0 Å². The van der Waals surface area contributed by atoms with Crippen LogP contribution in [0.2, 0.25) is 0 Å². The summed E-state index contributed by atoms with van der Waals surface area (Å²) < 4.78 is 24.1. The van der Waals surface area contributed by atoms with Gasteiger partial charge in [-0.15, -0.1) is 0 Å². The van der Waals surface area contributed by atoms with Crippen LogP contribution in [0.1, 0.15) is 113 Å². The van der Waals surface area contributed by atoms with E-state index in [9.17, 15) is 24.3 Å². The Hall–Kier alpha value is -3.64. The lowest BCUT2D eigenvalue weighted by atomic mass is 9.34. The van der Waals surface area contributed by atoms with Gasteiger partial charge in [-0.05, 0) is 122 Å². The van der Waals surface area contributed by atoms with Crippen molar-refractivity contribution in [3.63, 3.8) is 0 Å². The topological polar surface area (TPSA) is 176 Å². The van der Waals surface area contributed by atoms with Gasteiger partial charge in [0.1, 0.15) is 24.0 Å². The summed E-state index contributed by atoms with van der Waals surface area (Å²) >= 11 is 0. The first-order valence-corrected chi connectivity index (χ1v) is 21.6. The molecule has 12 nitrogen and oxygen atoms in total. The van der Waals surface area contributed by atoms with E-state index in [4.69, 9.17) is 24.7 Å². The largest absolute Gasteiger partial charge is 0.497 e. The minimum Gasteiger partial charge on any atom is -0.497 e. The van der Waals surface area contributed by atoms with E-state index >= 15 is 0 Å². The quantitative estimate of drug-likeness (QED) is 0.0877. The molecule has 0 aromatic heterocycles. The molecule has 58 heavy (non-hydrogen) atoms. The van der Waals surface area contributed by atoms with E-state index in [-0.39, 0.29) is 34.6 Å². The number of urea groups is 1. The number of methoxy groups -OCH3 is 1. The second-order valence-corrected chi connectivity index (χ2v) is 19.8. The summed E-state index contributed by atoms with van der Waals surface area (Å²) in [6.07, 6.45) is 7.20. The number of aliphatic carboxylic acids is 1. The molecule has 2 bridgehead atoms. The van der Waals surface area contributed by atoms with E-state index in [1.165, 1.54) is 12.5 Å². The van der Waals surface area contributed by atoms with E-state index in [1.807, 2.05) is 0 Å². The van der Waals surface area contributed by atoms with E-state index in [1.54, 1.807) is 31.4 Å². The maximum atomic E-state index is 13.7. The number of unbranched alkanes of at least 4 members (excludes halogenated alkanes) is 1. The van der Waals surface area contributed by atoms with E-state index in [0.29, 0.717) is 69.2 Å². The molecule has 1 aromatic rings. The molecule has 4 fully saturated rings. The third-order valence-electron chi connectivity index (χ3n) is 16.5. The maximum absolute atomic E-state index is 13.7. The summed E-state index contributed by atoms with van der Waals surface area (Å²) in [5.74, 6) is -0.591. The van der Waals surface area contributed by atoms with Gasteiger partial charge in [0.2, 0.25) is 0 Å². The number of hydrogen-bond acceptors (Lipinski definition) is 9. The first kappa shape index (κ1) is 43.9. The van der Waals surface area contributed by atoms with E-state index < -0.39 is 58.3 Å². The number of fused-ring (bicyclic) bond motifs is 3. The molecule has 1 saturated heterocycles. The number of hydrogen-bond donors (Lipinski definition) is 4. The molecule has 12 atom stereocenters. The number of amides is 2. The number of rotatable bonds is 13. The van der Waals surface area contributed by atoms with Crippen LogP contribution in [-0.2, 0) is 28.6 Å². The lowest BCUT2D eigenvalue weighted by Gasteiger charge is -2.71. The standard InChI is InChI=1S/C46H69N3O9/c1-27(2)28(3)42(5)21-22-44(7)32-17-18-36-43(6)25-56-26-46(36,33(32)19-20-45(44,8)37(42)39(51)52)24-35(57-29(4)50)38(43)58-40(53)34(47)12-10-11-23-48-41(54)49-30-13-15-31(55-9)16-14-30/h13-16,19,27-28,32,34-38H,10-12,17-18,20-26,47H2,1-9H3,(H,51,52)(H2,48,49,54)/t28-,32+,34?,35-,36+,37-,38+,42-,43+,44-,45+,46+/m1/s1. The van der Waals surface area contributed by atoms with Crippen LogP contribution in [0, 0.1) is 56.7 Å². The molecule has 5 aliphatic rings. The Kier molecular flexibility index (Phi) is 12.4. The molecule has 2 amide bonds. The lowest BCUT2D eigenvalue weighted by molar-refractivity contribution is -0.263. The summed E-state index contributed by atoms with van der Waals surface area (Å²) in [6, 6.07) is 5.82. The number of allylic oxidation sites excluding steroid dienone is 1. The molecule has 3 saturated carbocycles. The Morgan fingerprint density at radius 3 is 2.31 bits per heavy atom. The monoisotopic (exact) mass is 808 g/mol. The molecule has 322 valence electrons. The Bertz CT molecular complexity index is 1750. The van der Waals surface area contributed by atoms with Crippen molar-refractivity contribution in [2.24, 2.45) is 62.4 Å². The first-order valence-electron chi connectivity index (χ1n) is 21.6. The van der Waals surface area contributed by atoms with Crippen molar-refractivity contribution in [2.45, 2.75) is 131 Å². The third-order valence-corrected chi connectivity index (χ3v) is 16.5. The molecule has 0 radical (unpaired) electrons. The summed E-state index contributed by atoms with van der Waals surface area (Å²) in [5.41, 5.74) is 6.27. The van der Waals surface area contributed by atoms with Crippen LogP contribution < -0.4 is 21.1 Å². The van der Waals surface area contributed by atoms with Gasteiger partial charge < -0.3 is 40.4 Å². The first-order chi connectivity index (χ1) is 27.3. The molecule has 1 heterocycles. The van der Waals surface area contributed by atoms with Gasteiger partial charge in [0.05, 0.1) is 26.2 Å². The Labute approximate surface area is 345 Å². The predicted octanol–water partition coefficient (Wildman–Crippen LogP) is 7.75. The molecule has 1 aromatic carbocycles. The summed E-state index contributed by atoms with van der Waals surface area (Å²) in [5, 5.41) is 16.6. The normalized spacial score (nSPS) is 37.4. The number of anilines is 1. The summed E-state index contributed by atoms with van der Waals surface area (Å²) in [6.45, 7) is 18.2. The number of benzene rings is 1. The number of carbonyl (C=O) groups excluding carboxylic acids is 3. The maximum Gasteiger partial charge on any atom is 0.323 e. The lowest BCUT2D eigenvalue weighted by Crippen LogP contribution is -2.70. The highest BCUT2D eigenvalue weighted by atomic mass is 16.6. The molecule has 6 rings (SSSR count). The number of esters is 2. The average molecular weight is 808 g/mol. The van der Waals surface area contributed by atoms with Crippen LogP contribution in [0.5, 0.6) is 5.75 Å². The third kappa shape index (κ3) is 7.43. The molecule has 12 heteroatoms. The number of nitrogens with one attached hydrogen (secondary N) is 2. The van der Waals surface area contributed by atoms with Gasteiger partial charge in [-0.2, -0.15) is 0 Å². The summed E-state index contributed by atoms with van der Waals surface area (Å²) in [4.78, 5) is 52.3. The SMILES string of the molecule is COc1ccc(NC(=O)NCCCCC(N)C(=O)O[C@H]2[C@H](OC(C)=O)C[C@@]34COC[C@@]2(C)[C@@H]3CC[C@H]2C4=CC[C@@]3(C)[C@H](C(=O)O)[C@@](C)([C@H](C)C(C)C)CC[C@]23C)cc1. The minimum absolute atomic E-state index is 0.102. The van der Waals surface area contributed by atoms with Crippen LogP contribution in [0.3, 0.4) is 0 Å². The minimum atomic E-state index is -0.891. The van der Waals surface area contributed by atoms with E-state index in [0.717, 1.165) is 25.7 Å². The zero-order valence-electron chi connectivity index (χ0n) is 36.3. The van der Waals surface area contributed by atoms with Crippen molar-refractivity contribution >= 4 is 29.6 Å². The fourth-order valence-electron chi connectivity index (χ4n) is 13.0. The van der Waals surface area contributed by atoms with Gasteiger partial charge in [0.25, 0.3) is 0 Å². The van der Waals surface area contributed by atoms with Gasteiger partial charge in [0.15, 0.2) is 0 Å². The number of nitrogens with two attached hydrogens (primary N) is 1. The van der Waals surface area contributed by atoms with Crippen molar-refractivity contribution in [1.82, 2.24) is 5.32 Å². The number of carboxylic acids is 1. The van der Waals surface area contributed by atoms with Crippen molar-refractivity contribution < 1.29 is 43.2 Å².